The summed E-state index contributed by atoms with van der Waals surface area (Å²) >= 11 is 0. The summed E-state index contributed by atoms with van der Waals surface area (Å²) in [7, 11) is 0. The minimum Gasteiger partial charge on any atom is -0.469 e. The standard InChI is InChI=1S/C12H18O2/c1-3-4-5-6-7-12(13)11-8-9-14-10(11)2/h8-9H,3-7H2,1-2H3. The molecule has 14 heavy (non-hydrogen) atoms. The Balaban J connectivity index is 2.32. The van der Waals surface area contributed by atoms with E-state index < -0.39 is 0 Å². The summed E-state index contributed by atoms with van der Waals surface area (Å²) in [6, 6.07) is 1.76. The minimum atomic E-state index is 0.215. The van der Waals surface area contributed by atoms with E-state index in [-0.39, 0.29) is 5.78 Å². The molecule has 0 aromatic carbocycles. The van der Waals surface area contributed by atoms with E-state index in [1.807, 2.05) is 6.92 Å². The molecule has 0 atom stereocenters. The first kappa shape index (κ1) is 11.0. The second kappa shape index (κ2) is 5.63. The van der Waals surface area contributed by atoms with E-state index in [9.17, 15) is 4.79 Å². The van der Waals surface area contributed by atoms with Gasteiger partial charge in [0, 0.05) is 6.42 Å². The second-order valence-corrected chi connectivity index (χ2v) is 3.62. The van der Waals surface area contributed by atoms with Gasteiger partial charge in [-0.3, -0.25) is 4.79 Å². The van der Waals surface area contributed by atoms with Gasteiger partial charge in [-0.1, -0.05) is 26.2 Å². The maximum Gasteiger partial charge on any atom is 0.166 e. The van der Waals surface area contributed by atoms with E-state index in [2.05, 4.69) is 6.92 Å². The van der Waals surface area contributed by atoms with Gasteiger partial charge in [0.25, 0.3) is 0 Å². The molecule has 0 spiro atoms. The second-order valence-electron chi connectivity index (χ2n) is 3.62. The van der Waals surface area contributed by atoms with Gasteiger partial charge in [0.1, 0.15) is 5.76 Å². The lowest BCUT2D eigenvalue weighted by Gasteiger charge is -1.98. The van der Waals surface area contributed by atoms with Crippen molar-refractivity contribution in [3.8, 4) is 0 Å². The molecular weight excluding hydrogens is 176 g/mol. The van der Waals surface area contributed by atoms with Crippen molar-refractivity contribution >= 4 is 5.78 Å². The fraction of sp³-hybridized carbons (Fsp3) is 0.583. The molecule has 0 saturated heterocycles. The van der Waals surface area contributed by atoms with E-state index in [1.165, 1.54) is 12.8 Å². The van der Waals surface area contributed by atoms with Crippen LogP contribution in [0.3, 0.4) is 0 Å². The molecule has 1 heterocycles. The number of furan rings is 1. The normalized spacial score (nSPS) is 10.4. The molecule has 0 radical (unpaired) electrons. The van der Waals surface area contributed by atoms with Crippen molar-refractivity contribution in [2.45, 2.75) is 46.0 Å². The molecule has 0 aliphatic carbocycles. The van der Waals surface area contributed by atoms with Crippen LogP contribution in [0.1, 0.15) is 55.1 Å². The van der Waals surface area contributed by atoms with Crippen LogP contribution in [-0.4, -0.2) is 5.78 Å². The van der Waals surface area contributed by atoms with Crippen LogP contribution >= 0.6 is 0 Å². The Hall–Kier alpha value is -1.05. The third-order valence-electron chi connectivity index (χ3n) is 2.42. The average molecular weight is 194 g/mol. The predicted molar refractivity (Wildman–Crippen MR) is 56.5 cm³/mol. The summed E-state index contributed by atoms with van der Waals surface area (Å²) in [6.07, 6.45) is 6.81. The van der Waals surface area contributed by atoms with Gasteiger partial charge in [0.15, 0.2) is 5.78 Å². The van der Waals surface area contributed by atoms with Crippen molar-refractivity contribution in [3.05, 3.63) is 23.7 Å². The molecule has 0 amide bonds. The van der Waals surface area contributed by atoms with Gasteiger partial charge in [-0.15, -0.1) is 0 Å². The molecule has 1 aromatic heterocycles. The van der Waals surface area contributed by atoms with Gasteiger partial charge < -0.3 is 4.42 Å². The molecule has 0 unspecified atom stereocenters. The molecule has 1 rings (SSSR count). The van der Waals surface area contributed by atoms with Crippen LogP contribution in [0.4, 0.5) is 0 Å². The fourth-order valence-electron chi connectivity index (χ4n) is 1.52. The number of hydrogen-bond donors (Lipinski definition) is 0. The van der Waals surface area contributed by atoms with E-state index in [0.29, 0.717) is 6.42 Å². The highest BCUT2D eigenvalue weighted by Crippen LogP contribution is 2.13. The number of hydrogen-bond acceptors (Lipinski definition) is 2. The quantitative estimate of drug-likeness (QED) is 0.510. The third-order valence-corrected chi connectivity index (χ3v) is 2.42. The van der Waals surface area contributed by atoms with Crippen LogP contribution in [0.25, 0.3) is 0 Å². The molecule has 2 nitrogen and oxygen atoms in total. The van der Waals surface area contributed by atoms with Gasteiger partial charge >= 0.3 is 0 Å². The Morgan fingerprint density at radius 3 is 2.71 bits per heavy atom. The number of aryl methyl sites for hydroxylation is 1. The first-order chi connectivity index (χ1) is 6.75. The van der Waals surface area contributed by atoms with Crippen molar-refractivity contribution in [3.63, 3.8) is 0 Å². The first-order valence-electron chi connectivity index (χ1n) is 5.33. The van der Waals surface area contributed by atoms with Crippen LogP contribution in [0.2, 0.25) is 0 Å². The van der Waals surface area contributed by atoms with Crippen LogP contribution in [0.15, 0.2) is 16.7 Å². The first-order valence-corrected chi connectivity index (χ1v) is 5.33. The van der Waals surface area contributed by atoms with Crippen LogP contribution in [-0.2, 0) is 0 Å². The summed E-state index contributed by atoms with van der Waals surface area (Å²) in [6.45, 7) is 4.00. The highest BCUT2D eigenvalue weighted by atomic mass is 16.3. The van der Waals surface area contributed by atoms with Gasteiger partial charge in [-0.25, -0.2) is 0 Å². The smallest absolute Gasteiger partial charge is 0.166 e. The van der Waals surface area contributed by atoms with E-state index in [0.717, 1.165) is 24.2 Å². The van der Waals surface area contributed by atoms with Crippen LogP contribution in [0, 0.1) is 6.92 Å². The van der Waals surface area contributed by atoms with Gasteiger partial charge in [0.2, 0.25) is 0 Å². The predicted octanol–water partition coefficient (Wildman–Crippen LogP) is 3.74. The highest BCUT2D eigenvalue weighted by molar-refractivity contribution is 5.96. The maximum absolute atomic E-state index is 11.6. The Labute approximate surface area is 85.3 Å². The molecule has 0 saturated carbocycles. The van der Waals surface area contributed by atoms with Crippen molar-refractivity contribution < 1.29 is 9.21 Å². The summed E-state index contributed by atoms with van der Waals surface area (Å²) < 4.78 is 5.09. The monoisotopic (exact) mass is 194 g/mol. The Bertz CT molecular complexity index is 286. The van der Waals surface area contributed by atoms with E-state index in [1.54, 1.807) is 12.3 Å². The number of carbonyl (C=O) groups is 1. The number of unbranched alkanes of at least 4 members (excludes halogenated alkanes) is 3. The van der Waals surface area contributed by atoms with Gasteiger partial charge in [-0.2, -0.15) is 0 Å². The van der Waals surface area contributed by atoms with Crippen molar-refractivity contribution in [1.29, 1.82) is 0 Å². The maximum atomic E-state index is 11.6. The zero-order chi connectivity index (χ0) is 10.4. The van der Waals surface area contributed by atoms with E-state index >= 15 is 0 Å². The third kappa shape index (κ3) is 3.02. The molecule has 78 valence electrons. The average Bonchev–Trinajstić information content (AvgIpc) is 2.59. The van der Waals surface area contributed by atoms with E-state index in [4.69, 9.17) is 4.42 Å². The fourth-order valence-corrected chi connectivity index (χ4v) is 1.52. The lowest BCUT2D eigenvalue weighted by molar-refractivity contribution is 0.0977. The van der Waals surface area contributed by atoms with Crippen molar-refractivity contribution in [2.75, 3.05) is 0 Å². The Morgan fingerprint density at radius 2 is 2.14 bits per heavy atom. The van der Waals surface area contributed by atoms with Crippen molar-refractivity contribution in [2.24, 2.45) is 0 Å². The summed E-state index contributed by atoms with van der Waals surface area (Å²) in [5.74, 6) is 0.956. The zero-order valence-electron chi connectivity index (χ0n) is 9.01. The molecule has 0 bridgehead atoms. The molecule has 0 N–H and O–H groups in total. The lowest BCUT2D eigenvalue weighted by atomic mass is 10.1. The molecule has 0 fully saturated rings. The Morgan fingerprint density at radius 1 is 1.36 bits per heavy atom. The summed E-state index contributed by atoms with van der Waals surface area (Å²) in [5.41, 5.74) is 0.751. The molecular formula is C12H18O2. The zero-order valence-corrected chi connectivity index (χ0v) is 9.01. The number of ketones is 1. The highest BCUT2D eigenvalue weighted by Gasteiger charge is 2.10. The van der Waals surface area contributed by atoms with Crippen molar-refractivity contribution in [1.82, 2.24) is 0 Å². The lowest BCUT2D eigenvalue weighted by Crippen LogP contribution is -1.98. The molecule has 1 aromatic rings. The largest absolute Gasteiger partial charge is 0.469 e. The topological polar surface area (TPSA) is 30.2 Å². The SMILES string of the molecule is CCCCCCC(=O)c1ccoc1C. The minimum absolute atomic E-state index is 0.215. The molecule has 2 heteroatoms. The molecule has 0 aliphatic heterocycles. The Kier molecular flexibility index (Phi) is 4.44. The molecule has 0 aliphatic rings. The number of carbonyl (C=O) groups excluding carboxylic acids is 1. The van der Waals surface area contributed by atoms with Crippen LogP contribution < -0.4 is 0 Å². The van der Waals surface area contributed by atoms with Gasteiger partial charge in [-0.05, 0) is 19.4 Å². The van der Waals surface area contributed by atoms with Crippen LogP contribution in [0.5, 0.6) is 0 Å². The summed E-state index contributed by atoms with van der Waals surface area (Å²) in [5, 5.41) is 0. The number of rotatable bonds is 6. The summed E-state index contributed by atoms with van der Waals surface area (Å²) in [4.78, 5) is 11.6. The van der Waals surface area contributed by atoms with Gasteiger partial charge in [0.05, 0.1) is 11.8 Å². The number of Topliss-reactive ketones (excluding diaryl/α,β-unsaturated/α-hetero) is 1.